The van der Waals surface area contributed by atoms with Crippen LogP contribution in [0.3, 0.4) is 0 Å². The quantitative estimate of drug-likeness (QED) is 0.758. The maximum absolute atomic E-state index is 6.07. The molecule has 1 atom stereocenters. The Hall–Kier alpha value is -1.02. The van der Waals surface area contributed by atoms with E-state index in [1.807, 2.05) is 0 Å². The lowest BCUT2D eigenvalue weighted by Crippen LogP contribution is -2.33. The van der Waals surface area contributed by atoms with Gasteiger partial charge in [0.25, 0.3) is 0 Å². The molecule has 2 heteroatoms. The van der Waals surface area contributed by atoms with Crippen molar-refractivity contribution in [1.29, 1.82) is 0 Å². The van der Waals surface area contributed by atoms with E-state index in [-0.39, 0.29) is 6.10 Å². The van der Waals surface area contributed by atoms with Gasteiger partial charge in [0.05, 0.1) is 0 Å². The Morgan fingerprint density at radius 1 is 1.11 bits per heavy atom. The molecule has 19 heavy (non-hydrogen) atoms. The molecular formula is C17H29NO. The highest BCUT2D eigenvalue weighted by Gasteiger charge is 2.09. The highest BCUT2D eigenvalue weighted by molar-refractivity contribution is 5.30. The zero-order chi connectivity index (χ0) is 14.3. The second-order valence-electron chi connectivity index (χ2n) is 5.93. The Morgan fingerprint density at radius 3 is 2.42 bits per heavy atom. The van der Waals surface area contributed by atoms with Gasteiger partial charge < -0.3 is 10.1 Å². The molecule has 0 aromatic heterocycles. The second-order valence-corrected chi connectivity index (χ2v) is 5.93. The molecule has 0 bridgehead atoms. The molecule has 1 aromatic rings. The molecule has 1 N–H and O–H groups in total. The Labute approximate surface area is 118 Å². The van der Waals surface area contributed by atoms with E-state index >= 15 is 0 Å². The Morgan fingerprint density at radius 2 is 1.84 bits per heavy atom. The zero-order valence-electron chi connectivity index (χ0n) is 13.1. The number of benzene rings is 1. The van der Waals surface area contributed by atoms with Gasteiger partial charge in [0.15, 0.2) is 0 Å². The molecule has 0 saturated carbocycles. The summed E-state index contributed by atoms with van der Waals surface area (Å²) in [5.41, 5.74) is 1.34. The summed E-state index contributed by atoms with van der Waals surface area (Å²) < 4.78 is 6.07. The minimum Gasteiger partial charge on any atom is -0.489 e. The lowest BCUT2D eigenvalue weighted by Gasteiger charge is -2.19. The van der Waals surface area contributed by atoms with E-state index in [4.69, 9.17) is 4.74 Å². The van der Waals surface area contributed by atoms with Crippen LogP contribution in [0.4, 0.5) is 0 Å². The Bertz CT molecular complexity index is 360. The van der Waals surface area contributed by atoms with Gasteiger partial charge in [0.2, 0.25) is 0 Å². The number of nitrogens with one attached hydrogen (secondary N) is 1. The average molecular weight is 263 g/mol. The van der Waals surface area contributed by atoms with E-state index < -0.39 is 0 Å². The molecule has 108 valence electrons. The zero-order valence-corrected chi connectivity index (χ0v) is 13.1. The van der Waals surface area contributed by atoms with Crippen molar-refractivity contribution in [3.63, 3.8) is 0 Å². The van der Waals surface area contributed by atoms with Crippen molar-refractivity contribution in [3.8, 4) is 5.75 Å². The van der Waals surface area contributed by atoms with Crippen molar-refractivity contribution in [1.82, 2.24) is 5.32 Å². The monoisotopic (exact) mass is 263 g/mol. The van der Waals surface area contributed by atoms with Gasteiger partial charge in [-0.25, -0.2) is 0 Å². The molecule has 0 heterocycles. The van der Waals surface area contributed by atoms with Gasteiger partial charge in [0.1, 0.15) is 11.9 Å². The van der Waals surface area contributed by atoms with Crippen molar-refractivity contribution in [2.45, 2.75) is 53.1 Å². The summed E-state index contributed by atoms with van der Waals surface area (Å²) in [5.74, 6) is 2.22. The van der Waals surface area contributed by atoms with Crippen LogP contribution >= 0.6 is 0 Å². The molecule has 0 radical (unpaired) electrons. The van der Waals surface area contributed by atoms with Crippen molar-refractivity contribution >= 4 is 0 Å². The van der Waals surface area contributed by atoms with Gasteiger partial charge in [-0.3, -0.25) is 0 Å². The van der Waals surface area contributed by atoms with E-state index in [1.54, 1.807) is 0 Å². The molecule has 0 aliphatic carbocycles. The third kappa shape index (κ3) is 6.11. The van der Waals surface area contributed by atoms with Crippen molar-refractivity contribution in [2.75, 3.05) is 13.1 Å². The van der Waals surface area contributed by atoms with Gasteiger partial charge in [-0.2, -0.15) is 0 Å². The summed E-state index contributed by atoms with van der Waals surface area (Å²) >= 11 is 0. The number of hydrogen-bond donors (Lipinski definition) is 1. The van der Waals surface area contributed by atoms with E-state index in [0.717, 1.165) is 25.3 Å². The normalized spacial score (nSPS) is 13.0. The van der Waals surface area contributed by atoms with Crippen LogP contribution in [0, 0.1) is 5.92 Å². The molecule has 0 aliphatic rings. The van der Waals surface area contributed by atoms with Crippen LogP contribution in [0.15, 0.2) is 24.3 Å². The van der Waals surface area contributed by atoms with E-state index in [0.29, 0.717) is 11.8 Å². The summed E-state index contributed by atoms with van der Waals surface area (Å²) in [5, 5.41) is 3.47. The molecule has 1 unspecified atom stereocenters. The first kappa shape index (κ1) is 16.0. The summed E-state index contributed by atoms with van der Waals surface area (Å²) in [7, 11) is 0. The Balaban J connectivity index is 2.52. The summed E-state index contributed by atoms with van der Waals surface area (Å²) in [6.07, 6.45) is 1.28. The lowest BCUT2D eigenvalue weighted by molar-refractivity contribution is 0.192. The van der Waals surface area contributed by atoms with Gasteiger partial charge in [-0.1, -0.05) is 46.8 Å². The first-order valence-electron chi connectivity index (χ1n) is 7.50. The van der Waals surface area contributed by atoms with E-state index in [1.165, 1.54) is 5.56 Å². The minimum atomic E-state index is 0.251. The highest BCUT2D eigenvalue weighted by atomic mass is 16.5. The van der Waals surface area contributed by atoms with Crippen LogP contribution in [0.5, 0.6) is 5.75 Å². The average Bonchev–Trinajstić information content (AvgIpc) is 2.37. The van der Waals surface area contributed by atoms with Crippen molar-refractivity contribution in [2.24, 2.45) is 5.92 Å². The summed E-state index contributed by atoms with van der Waals surface area (Å²) in [6, 6.07) is 8.46. The number of ether oxygens (including phenoxy) is 1. The van der Waals surface area contributed by atoms with Crippen LogP contribution in [-0.4, -0.2) is 19.2 Å². The lowest BCUT2D eigenvalue weighted by atomic mass is 10.0. The fourth-order valence-corrected chi connectivity index (χ4v) is 1.94. The number of hydrogen-bond acceptors (Lipinski definition) is 2. The largest absolute Gasteiger partial charge is 0.489 e. The standard InChI is InChI=1S/C17H29NO/c1-6-16(12-18-11-13(2)3)19-17-9-7-8-15(10-17)14(4)5/h7-10,13-14,16,18H,6,11-12H2,1-5H3. The smallest absolute Gasteiger partial charge is 0.120 e. The molecule has 1 rings (SSSR count). The van der Waals surface area contributed by atoms with Crippen LogP contribution in [0.1, 0.15) is 52.5 Å². The number of rotatable bonds is 8. The topological polar surface area (TPSA) is 21.3 Å². The van der Waals surface area contributed by atoms with E-state index in [2.05, 4.69) is 64.2 Å². The first-order valence-corrected chi connectivity index (χ1v) is 7.50. The third-order valence-corrected chi connectivity index (χ3v) is 3.21. The van der Waals surface area contributed by atoms with Crippen LogP contribution < -0.4 is 10.1 Å². The van der Waals surface area contributed by atoms with Gasteiger partial charge >= 0.3 is 0 Å². The minimum absolute atomic E-state index is 0.251. The first-order chi connectivity index (χ1) is 9.02. The third-order valence-electron chi connectivity index (χ3n) is 3.21. The van der Waals surface area contributed by atoms with Gasteiger partial charge in [0, 0.05) is 6.54 Å². The van der Waals surface area contributed by atoms with Crippen LogP contribution in [0.2, 0.25) is 0 Å². The van der Waals surface area contributed by atoms with Crippen molar-refractivity contribution < 1.29 is 4.74 Å². The fraction of sp³-hybridized carbons (Fsp3) is 0.647. The summed E-state index contributed by atoms with van der Waals surface area (Å²) in [6.45, 7) is 13.0. The molecule has 0 fully saturated rings. The molecule has 0 amide bonds. The Kier molecular flexibility index (Phi) is 6.93. The van der Waals surface area contributed by atoms with E-state index in [9.17, 15) is 0 Å². The van der Waals surface area contributed by atoms with Gasteiger partial charge in [-0.05, 0) is 42.5 Å². The fourth-order valence-electron chi connectivity index (χ4n) is 1.94. The highest BCUT2D eigenvalue weighted by Crippen LogP contribution is 2.21. The molecule has 0 saturated heterocycles. The molecule has 0 spiro atoms. The molecule has 2 nitrogen and oxygen atoms in total. The second kappa shape index (κ2) is 8.21. The predicted molar refractivity (Wildman–Crippen MR) is 82.9 cm³/mol. The summed E-state index contributed by atoms with van der Waals surface area (Å²) in [4.78, 5) is 0. The van der Waals surface area contributed by atoms with Crippen LogP contribution in [0.25, 0.3) is 0 Å². The maximum atomic E-state index is 6.07. The van der Waals surface area contributed by atoms with Crippen molar-refractivity contribution in [3.05, 3.63) is 29.8 Å². The SMILES string of the molecule is CCC(CNCC(C)C)Oc1cccc(C(C)C)c1. The van der Waals surface area contributed by atoms with Gasteiger partial charge in [-0.15, -0.1) is 0 Å². The molecular weight excluding hydrogens is 234 g/mol. The van der Waals surface area contributed by atoms with Crippen LogP contribution in [-0.2, 0) is 0 Å². The molecule has 0 aliphatic heterocycles. The molecule has 1 aromatic carbocycles. The predicted octanol–water partition coefficient (Wildman–Crippen LogP) is 4.21. The maximum Gasteiger partial charge on any atom is 0.120 e.